The van der Waals surface area contributed by atoms with Gasteiger partial charge in [-0.1, -0.05) is 30.3 Å². The summed E-state index contributed by atoms with van der Waals surface area (Å²) in [4.78, 5) is 12.9. The molecule has 1 atom stereocenters. The van der Waals surface area contributed by atoms with Gasteiger partial charge in [0.2, 0.25) is 6.54 Å². The van der Waals surface area contributed by atoms with Crippen LogP contribution in [0, 0.1) is 24.0 Å². The van der Waals surface area contributed by atoms with Crippen molar-refractivity contribution in [2.75, 3.05) is 6.54 Å². The number of rotatable bonds is 4. The van der Waals surface area contributed by atoms with Crippen LogP contribution in [0.25, 0.3) is 0 Å². The maximum atomic E-state index is 14.0. The number of halogens is 3. The lowest BCUT2D eigenvalue weighted by Gasteiger charge is -2.33. The fourth-order valence-corrected chi connectivity index (χ4v) is 2.82. The molecule has 0 fully saturated rings. The third-order valence-electron chi connectivity index (χ3n) is 3.73. The average molecular weight is 312 g/mol. The Labute approximate surface area is 125 Å². The van der Waals surface area contributed by atoms with Crippen LogP contribution < -0.4 is 0 Å². The molecule has 0 aliphatic heterocycles. The van der Waals surface area contributed by atoms with Crippen molar-refractivity contribution in [2.24, 2.45) is 0 Å². The molecule has 1 heterocycles. The topological polar surface area (TPSA) is 58.9 Å². The Morgan fingerprint density at radius 3 is 2.18 bits per heavy atom. The molecule has 0 unspecified atom stereocenters. The first-order valence-electron chi connectivity index (χ1n) is 6.59. The van der Waals surface area contributed by atoms with Crippen LogP contribution in [0.15, 0.2) is 36.4 Å². The summed E-state index contributed by atoms with van der Waals surface area (Å²) in [5, 5.41) is 11.0. The van der Waals surface area contributed by atoms with Crippen molar-refractivity contribution in [2.45, 2.75) is 25.4 Å². The summed E-state index contributed by atoms with van der Waals surface area (Å²) in [6.45, 7) is 1.86. The Kier molecular flexibility index (Phi) is 4.00. The van der Waals surface area contributed by atoms with E-state index >= 15 is 0 Å². The zero-order valence-corrected chi connectivity index (χ0v) is 12.1. The number of hydrogen-bond acceptors (Lipinski definition) is 2. The summed E-state index contributed by atoms with van der Waals surface area (Å²) in [5.41, 5.74) is -2.12. The lowest BCUT2D eigenvalue weighted by atomic mass is 9.73. The van der Waals surface area contributed by atoms with Gasteiger partial charge in [0.05, 0.1) is 0 Å². The Morgan fingerprint density at radius 1 is 1.18 bits per heavy atom. The highest BCUT2D eigenvalue weighted by Gasteiger charge is 2.61. The Hall–Kier alpha value is -2.31. The number of benzene rings is 1. The van der Waals surface area contributed by atoms with E-state index < -0.39 is 23.1 Å². The second-order valence-electron chi connectivity index (χ2n) is 5.25. The summed E-state index contributed by atoms with van der Waals surface area (Å²) in [7, 11) is 0. The van der Waals surface area contributed by atoms with E-state index in [2.05, 4.69) is 4.98 Å². The van der Waals surface area contributed by atoms with E-state index in [1.165, 1.54) is 37.3 Å². The molecule has 0 saturated carbocycles. The molecule has 1 aromatic heterocycles. The molecule has 0 aliphatic carbocycles. The van der Waals surface area contributed by atoms with E-state index in [4.69, 9.17) is 0 Å². The molecule has 2 aromatic rings. The van der Waals surface area contributed by atoms with Crippen molar-refractivity contribution >= 4 is 0 Å². The molecule has 0 bridgehead atoms. The van der Waals surface area contributed by atoms with Crippen molar-refractivity contribution < 1.29 is 18.1 Å². The second-order valence-corrected chi connectivity index (χ2v) is 5.25. The molecule has 1 N–H and O–H groups in total. The first kappa shape index (κ1) is 16.1. The van der Waals surface area contributed by atoms with Gasteiger partial charge in [-0.25, -0.2) is 0 Å². The van der Waals surface area contributed by atoms with Crippen LogP contribution in [0.5, 0.6) is 0 Å². The quantitative estimate of drug-likeness (QED) is 0.690. The number of aromatic nitrogens is 1. The number of hydrogen-bond donors (Lipinski definition) is 1. The fraction of sp³-hybridized carbons (Fsp3) is 0.333. The van der Waals surface area contributed by atoms with Gasteiger partial charge < -0.3 is 4.98 Å². The van der Waals surface area contributed by atoms with E-state index in [0.29, 0.717) is 5.69 Å². The molecule has 118 valence electrons. The van der Waals surface area contributed by atoms with Gasteiger partial charge in [-0.05, 0) is 31.0 Å². The summed E-state index contributed by atoms with van der Waals surface area (Å²) in [5.74, 6) is 0. The number of H-pyrrole nitrogens is 1. The van der Waals surface area contributed by atoms with E-state index in [-0.39, 0.29) is 16.8 Å². The van der Waals surface area contributed by atoms with Gasteiger partial charge in [-0.15, -0.1) is 0 Å². The molecule has 0 amide bonds. The first-order valence-corrected chi connectivity index (χ1v) is 6.59. The summed E-state index contributed by atoms with van der Waals surface area (Å²) in [6, 6.07) is 8.36. The number of aryl methyl sites for hydroxylation is 2. The maximum absolute atomic E-state index is 14.0. The third-order valence-corrected chi connectivity index (χ3v) is 3.73. The highest BCUT2D eigenvalue weighted by molar-refractivity contribution is 5.45. The summed E-state index contributed by atoms with van der Waals surface area (Å²) >= 11 is 0. The zero-order chi connectivity index (χ0) is 16.5. The molecule has 22 heavy (non-hydrogen) atoms. The fourth-order valence-electron chi connectivity index (χ4n) is 2.82. The monoisotopic (exact) mass is 312 g/mol. The van der Waals surface area contributed by atoms with Crippen molar-refractivity contribution in [3.8, 4) is 0 Å². The highest BCUT2D eigenvalue weighted by Crippen LogP contribution is 2.47. The summed E-state index contributed by atoms with van der Waals surface area (Å²) in [6.07, 6.45) is -4.80. The smallest absolute Gasteiger partial charge is 0.362 e. The van der Waals surface area contributed by atoms with Gasteiger partial charge in [0, 0.05) is 16.3 Å². The van der Waals surface area contributed by atoms with Crippen LogP contribution in [0.1, 0.15) is 22.5 Å². The van der Waals surface area contributed by atoms with Crippen molar-refractivity contribution in [3.63, 3.8) is 0 Å². The van der Waals surface area contributed by atoms with Gasteiger partial charge >= 0.3 is 6.18 Å². The molecule has 0 aliphatic rings. The first-order chi connectivity index (χ1) is 10.2. The van der Waals surface area contributed by atoms with E-state index in [0.717, 1.165) is 0 Å². The van der Waals surface area contributed by atoms with E-state index in [1.807, 2.05) is 0 Å². The number of alkyl halides is 3. The molecular weight excluding hydrogens is 297 g/mol. The minimum atomic E-state index is -4.80. The molecule has 7 heteroatoms. The number of nitrogens with one attached hydrogen (secondary N) is 1. The van der Waals surface area contributed by atoms with Gasteiger partial charge in [0.25, 0.3) is 0 Å². The molecule has 1 aromatic carbocycles. The average Bonchev–Trinajstić information content (AvgIpc) is 2.74. The van der Waals surface area contributed by atoms with E-state index in [9.17, 15) is 23.3 Å². The number of nitro groups is 1. The van der Waals surface area contributed by atoms with E-state index in [1.54, 1.807) is 13.0 Å². The van der Waals surface area contributed by atoms with Crippen LogP contribution in [-0.4, -0.2) is 22.6 Å². The molecule has 0 saturated heterocycles. The highest BCUT2D eigenvalue weighted by atomic mass is 19.4. The van der Waals surface area contributed by atoms with Crippen molar-refractivity contribution in [3.05, 3.63) is 69.0 Å². The van der Waals surface area contributed by atoms with Crippen molar-refractivity contribution in [1.82, 2.24) is 4.98 Å². The Balaban J connectivity index is 2.82. The maximum Gasteiger partial charge on any atom is 0.408 e. The SMILES string of the molecule is Cc1cc([C@](C[N+](=O)[O-])(c2ccccc2)C(F)(F)F)c(C)[nH]1. The lowest BCUT2D eigenvalue weighted by Crippen LogP contribution is -2.49. The standard InChI is InChI=1S/C15H15F3N2O2/c1-10-8-13(11(2)19-10)14(9-20(21)22,15(16,17)18)12-6-4-3-5-7-12/h3-8,19H,9H2,1-2H3/t14-/m0/s1. The molecule has 0 radical (unpaired) electrons. The van der Waals surface area contributed by atoms with Crippen LogP contribution >= 0.6 is 0 Å². The predicted octanol–water partition coefficient (Wildman–Crippen LogP) is 3.76. The summed E-state index contributed by atoms with van der Waals surface area (Å²) < 4.78 is 41.9. The molecule has 4 nitrogen and oxygen atoms in total. The largest absolute Gasteiger partial charge is 0.408 e. The van der Waals surface area contributed by atoms with Gasteiger partial charge in [0.1, 0.15) is 0 Å². The zero-order valence-electron chi connectivity index (χ0n) is 12.1. The second kappa shape index (κ2) is 5.47. The Bertz CT molecular complexity index is 680. The van der Waals surface area contributed by atoms with Crippen LogP contribution in [0.2, 0.25) is 0 Å². The number of nitrogens with zero attached hydrogens (tertiary/aromatic N) is 1. The van der Waals surface area contributed by atoms with Gasteiger partial charge in [-0.2, -0.15) is 13.2 Å². The normalized spacial score (nSPS) is 14.6. The minimum Gasteiger partial charge on any atom is -0.362 e. The van der Waals surface area contributed by atoms with Gasteiger partial charge in [-0.3, -0.25) is 10.1 Å². The van der Waals surface area contributed by atoms with Crippen LogP contribution in [0.3, 0.4) is 0 Å². The third kappa shape index (κ3) is 2.58. The lowest BCUT2D eigenvalue weighted by molar-refractivity contribution is -0.498. The number of aromatic amines is 1. The van der Waals surface area contributed by atoms with Gasteiger partial charge in [0.15, 0.2) is 5.41 Å². The molecule has 0 spiro atoms. The van der Waals surface area contributed by atoms with Crippen LogP contribution in [-0.2, 0) is 5.41 Å². The van der Waals surface area contributed by atoms with Crippen molar-refractivity contribution in [1.29, 1.82) is 0 Å². The van der Waals surface area contributed by atoms with Crippen LogP contribution in [0.4, 0.5) is 13.2 Å². The Morgan fingerprint density at radius 2 is 1.77 bits per heavy atom. The molecule has 2 rings (SSSR count). The molecular formula is C15H15F3N2O2. The predicted molar refractivity (Wildman–Crippen MR) is 75.4 cm³/mol. The minimum absolute atomic E-state index is 0.111.